The molecule has 0 radical (unpaired) electrons. The SMILES string of the molecule is O=C1CC2(CCN(C(=O)c3cccs3)CC2)CN1. The molecule has 0 aliphatic carbocycles. The van der Waals surface area contributed by atoms with Gasteiger partial charge in [0.2, 0.25) is 5.91 Å². The second-order valence-electron chi connectivity index (χ2n) is 5.22. The number of hydrogen-bond acceptors (Lipinski definition) is 3. The average molecular weight is 264 g/mol. The maximum atomic E-state index is 12.2. The zero-order valence-electron chi connectivity index (χ0n) is 10.1. The molecule has 3 rings (SSSR count). The molecule has 18 heavy (non-hydrogen) atoms. The second kappa shape index (κ2) is 4.39. The predicted octanol–water partition coefficient (Wildman–Crippen LogP) is 1.49. The van der Waals surface area contributed by atoms with E-state index >= 15 is 0 Å². The number of nitrogens with zero attached hydrogens (tertiary/aromatic N) is 1. The summed E-state index contributed by atoms with van der Waals surface area (Å²) in [6.07, 6.45) is 2.50. The Labute approximate surface area is 110 Å². The number of piperidine rings is 1. The molecule has 0 saturated carbocycles. The molecule has 3 heterocycles. The highest BCUT2D eigenvalue weighted by atomic mass is 32.1. The Morgan fingerprint density at radius 1 is 1.39 bits per heavy atom. The highest BCUT2D eigenvalue weighted by Crippen LogP contribution is 2.37. The van der Waals surface area contributed by atoms with Gasteiger partial charge in [-0.15, -0.1) is 11.3 Å². The van der Waals surface area contributed by atoms with Crippen LogP contribution in [0.2, 0.25) is 0 Å². The molecule has 2 aliphatic heterocycles. The lowest BCUT2D eigenvalue weighted by atomic mass is 9.77. The van der Waals surface area contributed by atoms with Gasteiger partial charge in [-0.05, 0) is 29.7 Å². The highest BCUT2D eigenvalue weighted by molar-refractivity contribution is 7.12. The maximum Gasteiger partial charge on any atom is 0.263 e. The summed E-state index contributed by atoms with van der Waals surface area (Å²) in [6.45, 7) is 2.32. The Balaban J connectivity index is 1.64. The zero-order valence-corrected chi connectivity index (χ0v) is 11.0. The summed E-state index contributed by atoms with van der Waals surface area (Å²) < 4.78 is 0. The van der Waals surface area contributed by atoms with Crippen LogP contribution in [0.15, 0.2) is 17.5 Å². The maximum absolute atomic E-state index is 12.2. The van der Waals surface area contributed by atoms with Crippen LogP contribution in [-0.4, -0.2) is 36.3 Å². The fraction of sp³-hybridized carbons (Fsp3) is 0.538. The summed E-state index contributed by atoms with van der Waals surface area (Å²) in [4.78, 5) is 26.2. The smallest absolute Gasteiger partial charge is 0.263 e. The molecule has 96 valence electrons. The minimum absolute atomic E-state index is 0.114. The van der Waals surface area contributed by atoms with Gasteiger partial charge in [0, 0.05) is 26.1 Å². The van der Waals surface area contributed by atoms with Crippen molar-refractivity contribution in [3.63, 3.8) is 0 Å². The van der Waals surface area contributed by atoms with Gasteiger partial charge < -0.3 is 10.2 Å². The third-order valence-electron chi connectivity index (χ3n) is 4.04. The molecule has 5 heteroatoms. The normalized spacial score (nSPS) is 22.2. The topological polar surface area (TPSA) is 49.4 Å². The van der Waals surface area contributed by atoms with Crippen molar-refractivity contribution in [3.05, 3.63) is 22.4 Å². The van der Waals surface area contributed by atoms with E-state index in [-0.39, 0.29) is 17.2 Å². The van der Waals surface area contributed by atoms with Gasteiger partial charge in [0.1, 0.15) is 0 Å². The monoisotopic (exact) mass is 264 g/mol. The molecule has 2 fully saturated rings. The summed E-state index contributed by atoms with van der Waals surface area (Å²) >= 11 is 1.49. The van der Waals surface area contributed by atoms with Crippen LogP contribution < -0.4 is 5.32 Å². The molecular formula is C13H16N2O2S. The van der Waals surface area contributed by atoms with E-state index in [9.17, 15) is 9.59 Å². The summed E-state index contributed by atoms with van der Waals surface area (Å²) in [7, 11) is 0. The van der Waals surface area contributed by atoms with E-state index in [1.807, 2.05) is 22.4 Å². The largest absolute Gasteiger partial charge is 0.356 e. The molecule has 2 saturated heterocycles. The molecule has 0 bridgehead atoms. The molecule has 1 N–H and O–H groups in total. The fourth-order valence-electron chi connectivity index (χ4n) is 2.85. The minimum Gasteiger partial charge on any atom is -0.356 e. The van der Waals surface area contributed by atoms with E-state index < -0.39 is 0 Å². The molecule has 2 aliphatic rings. The third kappa shape index (κ3) is 2.03. The number of carbonyl (C=O) groups excluding carboxylic acids is 2. The van der Waals surface area contributed by atoms with Gasteiger partial charge in [0.05, 0.1) is 4.88 Å². The standard InChI is InChI=1S/C13H16N2O2S/c16-11-8-13(9-14-11)3-5-15(6-4-13)12(17)10-2-1-7-18-10/h1-2,7H,3-6,8-9H2,(H,14,16). The number of amides is 2. The Hall–Kier alpha value is -1.36. The fourth-order valence-corrected chi connectivity index (χ4v) is 3.54. The molecule has 0 aromatic carbocycles. The first-order chi connectivity index (χ1) is 8.69. The van der Waals surface area contributed by atoms with Crippen LogP contribution in [0.25, 0.3) is 0 Å². The molecule has 0 unspecified atom stereocenters. The van der Waals surface area contributed by atoms with Crippen LogP contribution >= 0.6 is 11.3 Å². The predicted molar refractivity (Wildman–Crippen MR) is 69.5 cm³/mol. The van der Waals surface area contributed by atoms with Crippen molar-refractivity contribution in [2.75, 3.05) is 19.6 Å². The van der Waals surface area contributed by atoms with E-state index in [0.717, 1.165) is 37.4 Å². The van der Waals surface area contributed by atoms with Crippen LogP contribution in [0.5, 0.6) is 0 Å². The van der Waals surface area contributed by atoms with E-state index in [1.54, 1.807) is 0 Å². The first kappa shape index (κ1) is 11.7. The highest BCUT2D eigenvalue weighted by Gasteiger charge is 2.41. The zero-order chi connectivity index (χ0) is 12.6. The minimum atomic E-state index is 0.114. The molecular weight excluding hydrogens is 248 g/mol. The number of carbonyl (C=O) groups is 2. The molecule has 2 amide bonds. The van der Waals surface area contributed by atoms with Gasteiger partial charge in [-0.1, -0.05) is 6.07 Å². The van der Waals surface area contributed by atoms with E-state index in [4.69, 9.17) is 0 Å². The number of nitrogens with one attached hydrogen (secondary N) is 1. The first-order valence-corrected chi connectivity index (χ1v) is 7.16. The summed E-state index contributed by atoms with van der Waals surface area (Å²) in [5, 5.41) is 4.84. The Bertz CT molecular complexity index is 461. The molecule has 1 spiro atoms. The van der Waals surface area contributed by atoms with Crippen molar-refractivity contribution in [1.29, 1.82) is 0 Å². The lowest BCUT2D eigenvalue weighted by Crippen LogP contribution is -2.43. The van der Waals surface area contributed by atoms with E-state index in [2.05, 4.69) is 5.32 Å². The van der Waals surface area contributed by atoms with Gasteiger partial charge in [0.15, 0.2) is 0 Å². The number of likely N-dealkylation sites (tertiary alicyclic amines) is 1. The molecule has 1 aromatic rings. The van der Waals surface area contributed by atoms with Crippen LogP contribution in [0.3, 0.4) is 0 Å². The van der Waals surface area contributed by atoms with Crippen LogP contribution in [0.4, 0.5) is 0 Å². The second-order valence-corrected chi connectivity index (χ2v) is 6.17. The molecule has 1 aromatic heterocycles. The lowest BCUT2D eigenvalue weighted by Gasteiger charge is -2.38. The molecule has 4 nitrogen and oxygen atoms in total. The van der Waals surface area contributed by atoms with Gasteiger partial charge in [-0.3, -0.25) is 9.59 Å². The Morgan fingerprint density at radius 3 is 2.72 bits per heavy atom. The van der Waals surface area contributed by atoms with Gasteiger partial charge in [0.25, 0.3) is 5.91 Å². The lowest BCUT2D eigenvalue weighted by molar-refractivity contribution is -0.119. The van der Waals surface area contributed by atoms with E-state index in [0.29, 0.717) is 6.42 Å². The van der Waals surface area contributed by atoms with Crippen molar-refractivity contribution in [2.24, 2.45) is 5.41 Å². The van der Waals surface area contributed by atoms with Gasteiger partial charge >= 0.3 is 0 Å². The van der Waals surface area contributed by atoms with E-state index in [1.165, 1.54) is 11.3 Å². The number of rotatable bonds is 1. The van der Waals surface area contributed by atoms with Crippen molar-refractivity contribution < 1.29 is 9.59 Å². The Kier molecular flexibility index (Phi) is 2.86. The van der Waals surface area contributed by atoms with Crippen molar-refractivity contribution in [2.45, 2.75) is 19.3 Å². The number of hydrogen-bond donors (Lipinski definition) is 1. The van der Waals surface area contributed by atoms with Gasteiger partial charge in [-0.25, -0.2) is 0 Å². The third-order valence-corrected chi connectivity index (χ3v) is 4.90. The number of thiophene rings is 1. The van der Waals surface area contributed by atoms with Crippen molar-refractivity contribution in [3.8, 4) is 0 Å². The quantitative estimate of drug-likeness (QED) is 0.835. The summed E-state index contributed by atoms with van der Waals surface area (Å²) in [5.74, 6) is 0.296. The van der Waals surface area contributed by atoms with Crippen molar-refractivity contribution in [1.82, 2.24) is 10.2 Å². The summed E-state index contributed by atoms with van der Waals surface area (Å²) in [6, 6.07) is 3.78. The van der Waals surface area contributed by atoms with Crippen LogP contribution in [-0.2, 0) is 4.79 Å². The summed E-state index contributed by atoms with van der Waals surface area (Å²) in [5.41, 5.74) is 0.114. The first-order valence-electron chi connectivity index (χ1n) is 6.28. The van der Waals surface area contributed by atoms with Crippen LogP contribution in [0, 0.1) is 5.41 Å². The Morgan fingerprint density at radius 2 is 2.17 bits per heavy atom. The average Bonchev–Trinajstić information content (AvgIpc) is 3.00. The van der Waals surface area contributed by atoms with Gasteiger partial charge in [-0.2, -0.15) is 0 Å². The van der Waals surface area contributed by atoms with Crippen molar-refractivity contribution >= 4 is 23.2 Å². The van der Waals surface area contributed by atoms with Crippen LogP contribution in [0.1, 0.15) is 28.9 Å². The molecule has 0 atom stereocenters.